The summed E-state index contributed by atoms with van der Waals surface area (Å²) in [7, 11) is 0. The zero-order valence-corrected chi connectivity index (χ0v) is 12.7. The van der Waals surface area contributed by atoms with E-state index in [9.17, 15) is 9.59 Å². The SMILES string of the molecule is Cc1c(Cl)cccc1C(=O)N1CCC2(CC1)CC2C(=O)O. The highest BCUT2D eigenvalue weighted by Crippen LogP contribution is 2.59. The second kappa shape index (κ2) is 5.02. The predicted molar refractivity (Wildman–Crippen MR) is 79.5 cm³/mol. The molecule has 21 heavy (non-hydrogen) atoms. The number of aliphatic carboxylic acids is 1. The zero-order valence-electron chi connectivity index (χ0n) is 11.9. The molecule has 0 aromatic heterocycles. The fourth-order valence-corrected chi connectivity index (χ4v) is 3.59. The van der Waals surface area contributed by atoms with Crippen LogP contribution in [0.5, 0.6) is 0 Å². The van der Waals surface area contributed by atoms with E-state index in [4.69, 9.17) is 16.7 Å². The van der Waals surface area contributed by atoms with Crippen LogP contribution < -0.4 is 0 Å². The fraction of sp³-hybridized carbons (Fsp3) is 0.500. The van der Waals surface area contributed by atoms with Crippen LogP contribution in [-0.4, -0.2) is 35.0 Å². The van der Waals surface area contributed by atoms with Crippen LogP contribution >= 0.6 is 11.6 Å². The Morgan fingerprint density at radius 2 is 2.00 bits per heavy atom. The summed E-state index contributed by atoms with van der Waals surface area (Å²) in [5.41, 5.74) is 1.40. The lowest BCUT2D eigenvalue weighted by atomic mass is 9.90. The summed E-state index contributed by atoms with van der Waals surface area (Å²) in [6.45, 7) is 3.12. The Labute approximate surface area is 128 Å². The molecule has 1 aliphatic carbocycles. The standard InChI is InChI=1S/C16H18ClNO3/c1-10-11(3-2-4-13(10)17)14(19)18-7-5-16(6-8-18)9-12(16)15(20)21/h2-4,12H,5-9H2,1H3,(H,20,21). The smallest absolute Gasteiger partial charge is 0.307 e. The summed E-state index contributed by atoms with van der Waals surface area (Å²) < 4.78 is 0. The van der Waals surface area contributed by atoms with Crippen molar-refractivity contribution in [2.24, 2.45) is 11.3 Å². The molecule has 1 spiro atoms. The van der Waals surface area contributed by atoms with Gasteiger partial charge in [0.25, 0.3) is 5.91 Å². The number of carboxylic acids is 1. The van der Waals surface area contributed by atoms with Gasteiger partial charge < -0.3 is 10.0 Å². The van der Waals surface area contributed by atoms with E-state index in [0.29, 0.717) is 23.7 Å². The molecule has 112 valence electrons. The molecule has 5 heteroatoms. The van der Waals surface area contributed by atoms with Gasteiger partial charge in [-0.15, -0.1) is 0 Å². The number of halogens is 1. The van der Waals surface area contributed by atoms with Crippen LogP contribution in [-0.2, 0) is 4.79 Å². The van der Waals surface area contributed by atoms with Crippen LogP contribution in [0, 0.1) is 18.3 Å². The first-order chi connectivity index (χ1) is 9.94. The van der Waals surface area contributed by atoms with Gasteiger partial charge in [0.2, 0.25) is 0 Å². The second-order valence-corrected chi connectivity index (χ2v) is 6.57. The Kier molecular flexibility index (Phi) is 3.44. The summed E-state index contributed by atoms with van der Waals surface area (Å²) >= 11 is 6.07. The quantitative estimate of drug-likeness (QED) is 0.914. The lowest BCUT2D eigenvalue weighted by molar-refractivity contribution is -0.139. The Morgan fingerprint density at radius 3 is 2.57 bits per heavy atom. The number of likely N-dealkylation sites (tertiary alicyclic amines) is 1. The predicted octanol–water partition coefficient (Wildman–Crippen LogP) is 2.98. The van der Waals surface area contributed by atoms with Crippen molar-refractivity contribution in [2.75, 3.05) is 13.1 Å². The molecule has 1 saturated heterocycles. The Balaban J connectivity index is 1.69. The molecule has 1 saturated carbocycles. The maximum atomic E-state index is 12.6. The highest BCUT2D eigenvalue weighted by Gasteiger charge is 2.59. The van der Waals surface area contributed by atoms with Crippen LogP contribution in [0.3, 0.4) is 0 Å². The van der Waals surface area contributed by atoms with Crippen LogP contribution in [0.4, 0.5) is 0 Å². The van der Waals surface area contributed by atoms with E-state index in [0.717, 1.165) is 24.8 Å². The molecule has 2 fully saturated rings. The molecule has 4 nitrogen and oxygen atoms in total. The number of carbonyl (C=O) groups is 2. The van der Waals surface area contributed by atoms with Gasteiger partial charge in [0.1, 0.15) is 0 Å². The molecule has 1 amide bonds. The summed E-state index contributed by atoms with van der Waals surface area (Å²) in [6, 6.07) is 5.36. The fourth-order valence-electron chi connectivity index (χ4n) is 3.41. The van der Waals surface area contributed by atoms with Crippen molar-refractivity contribution in [3.8, 4) is 0 Å². The van der Waals surface area contributed by atoms with Crippen molar-refractivity contribution in [1.29, 1.82) is 0 Å². The van der Waals surface area contributed by atoms with Crippen molar-refractivity contribution in [2.45, 2.75) is 26.2 Å². The van der Waals surface area contributed by atoms with Crippen LogP contribution in [0.1, 0.15) is 35.2 Å². The van der Waals surface area contributed by atoms with E-state index in [1.165, 1.54) is 0 Å². The average Bonchev–Trinajstić information content (AvgIpc) is 3.16. The van der Waals surface area contributed by atoms with Gasteiger partial charge in [0.15, 0.2) is 0 Å². The average molecular weight is 308 g/mol. The number of benzene rings is 1. The maximum Gasteiger partial charge on any atom is 0.307 e. The zero-order chi connectivity index (χ0) is 15.2. The van der Waals surface area contributed by atoms with E-state index in [2.05, 4.69) is 0 Å². The van der Waals surface area contributed by atoms with E-state index < -0.39 is 5.97 Å². The Morgan fingerprint density at radius 1 is 1.33 bits per heavy atom. The van der Waals surface area contributed by atoms with Gasteiger partial charge in [-0.25, -0.2) is 0 Å². The second-order valence-electron chi connectivity index (χ2n) is 6.16. The molecule has 0 bridgehead atoms. The molecular weight excluding hydrogens is 290 g/mol. The number of rotatable bonds is 2. The van der Waals surface area contributed by atoms with Crippen molar-refractivity contribution < 1.29 is 14.7 Å². The molecule has 1 N–H and O–H groups in total. The molecule has 1 aromatic carbocycles. The van der Waals surface area contributed by atoms with Gasteiger partial charge >= 0.3 is 5.97 Å². The highest BCUT2D eigenvalue weighted by molar-refractivity contribution is 6.31. The molecule has 1 atom stereocenters. The number of carboxylic acid groups (broad SMARTS) is 1. The van der Waals surface area contributed by atoms with Crippen molar-refractivity contribution >= 4 is 23.5 Å². The Bertz CT molecular complexity index is 606. The third-order valence-corrected chi connectivity index (χ3v) is 5.44. The maximum absolute atomic E-state index is 12.6. The minimum atomic E-state index is -0.694. The first kappa shape index (κ1) is 14.4. The van der Waals surface area contributed by atoms with Crippen molar-refractivity contribution in [3.05, 3.63) is 34.3 Å². The Hall–Kier alpha value is -1.55. The first-order valence-electron chi connectivity index (χ1n) is 7.22. The van der Waals surface area contributed by atoms with Crippen LogP contribution in [0.15, 0.2) is 18.2 Å². The van der Waals surface area contributed by atoms with Gasteiger partial charge in [-0.05, 0) is 49.3 Å². The summed E-state index contributed by atoms with van der Waals surface area (Å²) in [4.78, 5) is 25.4. The number of piperidine rings is 1. The number of nitrogens with zero attached hydrogens (tertiary/aromatic N) is 1. The topological polar surface area (TPSA) is 57.6 Å². The normalized spacial score (nSPS) is 23.1. The minimum absolute atomic E-state index is 0.00243. The van der Waals surface area contributed by atoms with E-state index in [1.54, 1.807) is 18.2 Å². The molecule has 1 unspecified atom stereocenters. The van der Waals surface area contributed by atoms with E-state index in [-0.39, 0.29) is 17.2 Å². The number of amides is 1. The van der Waals surface area contributed by atoms with Crippen molar-refractivity contribution in [1.82, 2.24) is 4.90 Å². The van der Waals surface area contributed by atoms with Gasteiger partial charge in [-0.2, -0.15) is 0 Å². The van der Waals surface area contributed by atoms with Gasteiger partial charge in [0, 0.05) is 23.7 Å². The molecule has 1 aliphatic heterocycles. The molecule has 3 rings (SSSR count). The highest BCUT2D eigenvalue weighted by atomic mass is 35.5. The van der Waals surface area contributed by atoms with E-state index >= 15 is 0 Å². The first-order valence-corrected chi connectivity index (χ1v) is 7.60. The summed E-state index contributed by atoms with van der Waals surface area (Å²) in [5.74, 6) is -0.902. The van der Waals surface area contributed by atoms with E-state index in [1.807, 2.05) is 11.8 Å². The third-order valence-electron chi connectivity index (χ3n) is 5.03. The molecule has 2 aliphatic rings. The summed E-state index contributed by atoms with van der Waals surface area (Å²) in [5, 5.41) is 9.70. The summed E-state index contributed by atoms with van der Waals surface area (Å²) in [6.07, 6.45) is 2.34. The number of hydrogen-bond acceptors (Lipinski definition) is 2. The van der Waals surface area contributed by atoms with Crippen molar-refractivity contribution in [3.63, 3.8) is 0 Å². The molecule has 0 radical (unpaired) electrons. The lowest BCUT2D eigenvalue weighted by Crippen LogP contribution is -2.40. The van der Waals surface area contributed by atoms with Gasteiger partial charge in [0.05, 0.1) is 5.92 Å². The lowest BCUT2D eigenvalue weighted by Gasteiger charge is -2.33. The van der Waals surface area contributed by atoms with Gasteiger partial charge in [-0.1, -0.05) is 17.7 Å². The monoisotopic (exact) mass is 307 g/mol. The number of carbonyl (C=O) groups excluding carboxylic acids is 1. The molecular formula is C16H18ClNO3. The van der Waals surface area contributed by atoms with Gasteiger partial charge in [-0.3, -0.25) is 9.59 Å². The third kappa shape index (κ3) is 2.42. The largest absolute Gasteiger partial charge is 0.481 e. The minimum Gasteiger partial charge on any atom is -0.481 e. The number of hydrogen-bond donors (Lipinski definition) is 1. The van der Waals surface area contributed by atoms with Crippen LogP contribution in [0.2, 0.25) is 5.02 Å². The molecule has 1 heterocycles. The molecule has 1 aromatic rings. The van der Waals surface area contributed by atoms with Crippen LogP contribution in [0.25, 0.3) is 0 Å².